The van der Waals surface area contributed by atoms with Crippen LogP contribution in [-0.2, 0) is 11.0 Å². The molecule has 0 aliphatic rings. The number of phenolic OH excluding ortho intramolecular Hbond substituents is 1. The SMILES string of the molecule is CC(=O)NCCC=Cc1ccc(O)c(C(F)(F)F)c1. The predicted octanol–water partition coefficient (Wildman–Crippen LogP) is 2.95. The molecule has 6 heteroatoms. The molecule has 0 fully saturated rings. The number of hydrogen-bond acceptors (Lipinski definition) is 2. The number of alkyl halides is 3. The Balaban J connectivity index is 2.70. The summed E-state index contributed by atoms with van der Waals surface area (Å²) in [4.78, 5) is 10.6. The van der Waals surface area contributed by atoms with Gasteiger partial charge in [0, 0.05) is 13.5 Å². The van der Waals surface area contributed by atoms with E-state index in [9.17, 15) is 18.0 Å². The van der Waals surface area contributed by atoms with Gasteiger partial charge in [-0.15, -0.1) is 0 Å². The van der Waals surface area contributed by atoms with Gasteiger partial charge in [-0.1, -0.05) is 18.2 Å². The molecule has 19 heavy (non-hydrogen) atoms. The van der Waals surface area contributed by atoms with E-state index in [0.29, 0.717) is 18.5 Å². The van der Waals surface area contributed by atoms with Crippen LogP contribution >= 0.6 is 0 Å². The first-order valence-corrected chi connectivity index (χ1v) is 5.62. The van der Waals surface area contributed by atoms with Gasteiger partial charge < -0.3 is 10.4 Å². The normalized spacial score (nSPS) is 11.8. The van der Waals surface area contributed by atoms with E-state index in [1.807, 2.05) is 0 Å². The molecule has 0 unspecified atom stereocenters. The summed E-state index contributed by atoms with van der Waals surface area (Å²) in [6.45, 7) is 1.81. The van der Waals surface area contributed by atoms with E-state index in [1.165, 1.54) is 19.1 Å². The van der Waals surface area contributed by atoms with Gasteiger partial charge in [0.15, 0.2) is 0 Å². The number of halogens is 3. The summed E-state index contributed by atoms with van der Waals surface area (Å²) >= 11 is 0. The van der Waals surface area contributed by atoms with Gasteiger partial charge in [0.2, 0.25) is 5.91 Å². The van der Waals surface area contributed by atoms with E-state index < -0.39 is 17.5 Å². The smallest absolute Gasteiger partial charge is 0.419 e. The summed E-state index contributed by atoms with van der Waals surface area (Å²) < 4.78 is 37.6. The van der Waals surface area contributed by atoms with Crippen molar-refractivity contribution in [3.63, 3.8) is 0 Å². The lowest BCUT2D eigenvalue weighted by Gasteiger charge is -2.09. The molecule has 2 N–H and O–H groups in total. The van der Waals surface area contributed by atoms with Crippen molar-refractivity contribution in [1.82, 2.24) is 5.32 Å². The van der Waals surface area contributed by atoms with Crippen molar-refractivity contribution in [3.05, 3.63) is 35.4 Å². The van der Waals surface area contributed by atoms with E-state index in [4.69, 9.17) is 5.11 Å². The first kappa shape index (κ1) is 15.1. The highest BCUT2D eigenvalue weighted by atomic mass is 19.4. The third-order valence-electron chi connectivity index (χ3n) is 2.32. The van der Waals surface area contributed by atoms with Crippen LogP contribution in [-0.4, -0.2) is 17.6 Å². The molecule has 1 amide bonds. The van der Waals surface area contributed by atoms with Crippen molar-refractivity contribution < 1.29 is 23.1 Å². The Bertz CT molecular complexity index is 481. The van der Waals surface area contributed by atoms with Crippen molar-refractivity contribution in [1.29, 1.82) is 0 Å². The number of benzene rings is 1. The van der Waals surface area contributed by atoms with Gasteiger partial charge in [-0.3, -0.25) is 4.79 Å². The van der Waals surface area contributed by atoms with E-state index >= 15 is 0 Å². The molecule has 1 rings (SSSR count). The maximum absolute atomic E-state index is 12.5. The number of carbonyl (C=O) groups is 1. The first-order chi connectivity index (χ1) is 8.80. The van der Waals surface area contributed by atoms with Crippen LogP contribution in [0.1, 0.15) is 24.5 Å². The van der Waals surface area contributed by atoms with Gasteiger partial charge in [0.05, 0.1) is 5.56 Å². The number of hydrogen-bond donors (Lipinski definition) is 2. The molecule has 0 aliphatic carbocycles. The Morgan fingerprint density at radius 1 is 1.42 bits per heavy atom. The summed E-state index contributed by atoms with van der Waals surface area (Å²) in [6.07, 6.45) is -0.898. The Kier molecular flexibility index (Phi) is 4.97. The molecule has 0 atom stereocenters. The third kappa shape index (κ3) is 5.03. The second-order valence-electron chi connectivity index (χ2n) is 3.95. The number of carbonyl (C=O) groups excluding carboxylic acids is 1. The first-order valence-electron chi connectivity index (χ1n) is 5.62. The summed E-state index contributed by atoms with van der Waals surface area (Å²) in [5.74, 6) is -0.944. The molecule has 0 radical (unpaired) electrons. The fourth-order valence-corrected chi connectivity index (χ4v) is 1.44. The van der Waals surface area contributed by atoms with Gasteiger partial charge in [-0.05, 0) is 24.1 Å². The average molecular weight is 273 g/mol. The Morgan fingerprint density at radius 3 is 2.68 bits per heavy atom. The molecule has 3 nitrogen and oxygen atoms in total. The van der Waals surface area contributed by atoms with E-state index in [1.54, 1.807) is 6.08 Å². The average Bonchev–Trinajstić information content (AvgIpc) is 2.28. The predicted molar refractivity (Wildman–Crippen MR) is 65.4 cm³/mol. The number of amides is 1. The van der Waals surface area contributed by atoms with Crippen LogP contribution in [0.4, 0.5) is 13.2 Å². The number of phenols is 1. The molecule has 0 aliphatic heterocycles. The highest BCUT2D eigenvalue weighted by molar-refractivity contribution is 5.72. The molecule has 1 aromatic rings. The van der Waals surface area contributed by atoms with E-state index in [2.05, 4.69) is 5.32 Å². The molecule has 0 bridgehead atoms. The lowest BCUT2D eigenvalue weighted by Crippen LogP contribution is -2.20. The summed E-state index contributed by atoms with van der Waals surface area (Å²) in [5, 5.41) is 11.7. The number of aromatic hydroxyl groups is 1. The zero-order chi connectivity index (χ0) is 14.5. The van der Waals surface area contributed by atoms with Gasteiger partial charge in [-0.2, -0.15) is 13.2 Å². The number of rotatable bonds is 4. The molecular formula is C13H14F3NO2. The second kappa shape index (κ2) is 6.26. The zero-order valence-corrected chi connectivity index (χ0v) is 10.3. The van der Waals surface area contributed by atoms with Gasteiger partial charge in [0.25, 0.3) is 0 Å². The van der Waals surface area contributed by atoms with Gasteiger partial charge in [0.1, 0.15) is 5.75 Å². The number of nitrogens with one attached hydrogen (secondary N) is 1. The molecule has 0 heterocycles. The molecule has 0 aromatic heterocycles. The summed E-state index contributed by atoms with van der Waals surface area (Å²) in [7, 11) is 0. The molecule has 1 aromatic carbocycles. The van der Waals surface area contributed by atoms with E-state index in [0.717, 1.165) is 12.1 Å². The van der Waals surface area contributed by atoms with Crippen LogP contribution in [0.2, 0.25) is 0 Å². The Morgan fingerprint density at radius 2 is 2.11 bits per heavy atom. The van der Waals surface area contributed by atoms with Crippen molar-refractivity contribution in [2.75, 3.05) is 6.54 Å². The maximum atomic E-state index is 12.5. The van der Waals surface area contributed by atoms with Crippen LogP contribution in [0, 0.1) is 0 Å². The van der Waals surface area contributed by atoms with Gasteiger partial charge in [-0.25, -0.2) is 0 Å². The topological polar surface area (TPSA) is 49.3 Å². The van der Waals surface area contributed by atoms with E-state index in [-0.39, 0.29) is 5.91 Å². The maximum Gasteiger partial charge on any atom is 0.419 e. The van der Waals surface area contributed by atoms with Crippen LogP contribution in [0.3, 0.4) is 0 Å². The Hall–Kier alpha value is -1.98. The van der Waals surface area contributed by atoms with Crippen molar-refractivity contribution >= 4 is 12.0 Å². The molecule has 0 saturated carbocycles. The largest absolute Gasteiger partial charge is 0.507 e. The van der Waals surface area contributed by atoms with Crippen LogP contribution < -0.4 is 5.32 Å². The standard InChI is InChI=1S/C13H14F3NO2/c1-9(18)17-7-3-2-4-10-5-6-12(19)11(8-10)13(14,15)16/h2,4-6,8,19H,3,7H2,1H3,(H,17,18). The minimum Gasteiger partial charge on any atom is -0.507 e. The van der Waals surface area contributed by atoms with Crippen LogP contribution in [0.5, 0.6) is 5.75 Å². The third-order valence-corrected chi connectivity index (χ3v) is 2.32. The summed E-state index contributed by atoms with van der Waals surface area (Å²) in [5.41, 5.74) is -0.718. The molecular weight excluding hydrogens is 259 g/mol. The summed E-state index contributed by atoms with van der Waals surface area (Å²) in [6, 6.07) is 3.28. The van der Waals surface area contributed by atoms with Crippen LogP contribution in [0.25, 0.3) is 6.08 Å². The quantitative estimate of drug-likeness (QED) is 0.829. The highest BCUT2D eigenvalue weighted by Crippen LogP contribution is 2.36. The fourth-order valence-electron chi connectivity index (χ4n) is 1.44. The van der Waals surface area contributed by atoms with Crippen molar-refractivity contribution in [2.45, 2.75) is 19.5 Å². The molecule has 0 spiro atoms. The highest BCUT2D eigenvalue weighted by Gasteiger charge is 2.33. The zero-order valence-electron chi connectivity index (χ0n) is 10.3. The molecule has 0 saturated heterocycles. The fraction of sp³-hybridized carbons (Fsp3) is 0.308. The lowest BCUT2D eigenvalue weighted by molar-refractivity contribution is -0.138. The van der Waals surface area contributed by atoms with Crippen LogP contribution in [0.15, 0.2) is 24.3 Å². The monoisotopic (exact) mass is 273 g/mol. The van der Waals surface area contributed by atoms with Crippen molar-refractivity contribution in [2.24, 2.45) is 0 Å². The van der Waals surface area contributed by atoms with Crippen molar-refractivity contribution in [3.8, 4) is 5.75 Å². The Labute approximate surface area is 108 Å². The lowest BCUT2D eigenvalue weighted by atomic mass is 10.1. The minimum atomic E-state index is -4.58. The molecule has 104 valence electrons. The second-order valence-corrected chi connectivity index (χ2v) is 3.95. The van der Waals surface area contributed by atoms with Gasteiger partial charge >= 0.3 is 6.18 Å². The minimum absolute atomic E-state index is 0.155.